The second-order valence-corrected chi connectivity index (χ2v) is 6.42. The maximum atomic E-state index is 12.8. The van der Waals surface area contributed by atoms with Crippen molar-refractivity contribution >= 4 is 17.6 Å². The van der Waals surface area contributed by atoms with Crippen LogP contribution in [0.3, 0.4) is 0 Å². The number of amides is 1. The highest BCUT2D eigenvalue weighted by Crippen LogP contribution is 2.25. The van der Waals surface area contributed by atoms with Gasteiger partial charge in [0.2, 0.25) is 5.91 Å². The van der Waals surface area contributed by atoms with Crippen LogP contribution in [-0.2, 0) is 29.2 Å². The van der Waals surface area contributed by atoms with E-state index in [1.807, 2.05) is 36.4 Å². The van der Waals surface area contributed by atoms with Gasteiger partial charge in [-0.3, -0.25) is 4.79 Å². The molecule has 1 amide bonds. The van der Waals surface area contributed by atoms with E-state index in [1.54, 1.807) is 17.0 Å². The van der Waals surface area contributed by atoms with Gasteiger partial charge in [0.25, 0.3) is 0 Å². The second kappa shape index (κ2) is 8.01. The largest absolute Gasteiger partial charge is 0.550 e. The Morgan fingerprint density at radius 3 is 2.65 bits per heavy atom. The number of nitrogens with zero attached hydrogens (tertiary/aromatic N) is 1. The summed E-state index contributed by atoms with van der Waals surface area (Å²) in [6, 6.07) is 14.4. The third kappa shape index (κ3) is 4.21. The lowest BCUT2D eigenvalue weighted by Gasteiger charge is -2.25. The van der Waals surface area contributed by atoms with Gasteiger partial charge in [-0.25, -0.2) is 0 Å². The Hall–Kier alpha value is -2.86. The van der Waals surface area contributed by atoms with Crippen molar-refractivity contribution in [3.8, 4) is 0 Å². The smallest absolute Gasteiger partial charge is 0.245 e. The summed E-state index contributed by atoms with van der Waals surface area (Å²) in [6.07, 6.45) is 0.290. The predicted octanol–water partition coefficient (Wildman–Crippen LogP) is 0.684. The lowest BCUT2D eigenvalue weighted by atomic mass is 10.1. The molecule has 0 radical (unpaired) electrons. The zero-order chi connectivity index (χ0) is 18.5. The number of aliphatic hydroxyl groups excluding tert-OH is 1. The highest BCUT2D eigenvalue weighted by Gasteiger charge is 2.29. The number of carboxylic acids is 1. The molecule has 1 atom stereocenters. The molecule has 0 spiro atoms. The van der Waals surface area contributed by atoms with Crippen molar-refractivity contribution in [3.05, 3.63) is 65.2 Å². The van der Waals surface area contributed by atoms with Crippen LogP contribution < -0.4 is 10.4 Å². The number of hydrogen-bond acceptors (Lipinski definition) is 5. The molecule has 1 aliphatic rings. The number of benzene rings is 2. The fourth-order valence-electron chi connectivity index (χ4n) is 3.15. The van der Waals surface area contributed by atoms with Crippen LogP contribution in [-0.4, -0.2) is 34.5 Å². The van der Waals surface area contributed by atoms with Gasteiger partial charge in [-0.2, -0.15) is 0 Å². The maximum Gasteiger partial charge on any atom is 0.245 e. The van der Waals surface area contributed by atoms with E-state index in [-0.39, 0.29) is 12.5 Å². The molecule has 0 bridgehead atoms. The quantitative estimate of drug-likeness (QED) is 0.797. The SMILES string of the molecule is O=C([O-])CC1Nc2cc(CO)ccc2CN(CCc2ccccc2)C1=O. The molecule has 0 saturated carbocycles. The van der Waals surface area contributed by atoms with E-state index in [1.165, 1.54) is 0 Å². The van der Waals surface area contributed by atoms with Crippen molar-refractivity contribution in [2.24, 2.45) is 0 Å². The number of nitrogens with one attached hydrogen (secondary N) is 1. The molecule has 6 nitrogen and oxygen atoms in total. The summed E-state index contributed by atoms with van der Waals surface area (Å²) in [6.45, 7) is 0.768. The molecular formula is C20H21N2O4-. The molecule has 136 valence electrons. The molecule has 2 aromatic rings. The highest BCUT2D eigenvalue weighted by molar-refractivity contribution is 5.89. The van der Waals surface area contributed by atoms with Crippen LogP contribution >= 0.6 is 0 Å². The molecule has 0 aromatic heterocycles. The topological polar surface area (TPSA) is 92.7 Å². The van der Waals surface area contributed by atoms with E-state index in [0.29, 0.717) is 30.8 Å². The van der Waals surface area contributed by atoms with E-state index < -0.39 is 18.4 Å². The number of carbonyl (C=O) groups excluding carboxylic acids is 2. The van der Waals surface area contributed by atoms with Gasteiger partial charge in [0.05, 0.1) is 6.61 Å². The standard InChI is InChI=1S/C20H22N2O4/c23-13-15-6-7-16-12-22(9-8-14-4-2-1-3-5-14)20(26)18(11-19(24)25)21-17(16)10-15/h1-7,10,18,21,23H,8-9,11-13H2,(H,24,25)/p-1. The van der Waals surface area contributed by atoms with Crippen molar-refractivity contribution in [1.29, 1.82) is 0 Å². The van der Waals surface area contributed by atoms with Crippen LogP contribution in [0, 0.1) is 0 Å². The number of hydrogen-bond donors (Lipinski definition) is 2. The average molecular weight is 353 g/mol. The summed E-state index contributed by atoms with van der Waals surface area (Å²) in [5, 5.41) is 23.4. The van der Waals surface area contributed by atoms with Gasteiger partial charge in [0, 0.05) is 31.2 Å². The Morgan fingerprint density at radius 2 is 1.96 bits per heavy atom. The summed E-state index contributed by atoms with van der Waals surface area (Å²) in [4.78, 5) is 25.6. The van der Waals surface area contributed by atoms with Crippen molar-refractivity contribution < 1.29 is 19.8 Å². The molecule has 2 N–H and O–H groups in total. The van der Waals surface area contributed by atoms with Crippen LogP contribution in [0.5, 0.6) is 0 Å². The van der Waals surface area contributed by atoms with Gasteiger partial charge < -0.3 is 25.2 Å². The summed E-state index contributed by atoms with van der Waals surface area (Å²) < 4.78 is 0. The van der Waals surface area contributed by atoms with E-state index >= 15 is 0 Å². The first-order chi connectivity index (χ1) is 12.6. The number of fused-ring (bicyclic) bond motifs is 1. The molecule has 0 fully saturated rings. The second-order valence-electron chi connectivity index (χ2n) is 6.42. The Morgan fingerprint density at radius 1 is 1.19 bits per heavy atom. The molecule has 3 rings (SSSR count). The fraction of sp³-hybridized carbons (Fsp3) is 0.300. The molecule has 1 heterocycles. The van der Waals surface area contributed by atoms with Crippen LogP contribution in [0.2, 0.25) is 0 Å². The lowest BCUT2D eigenvalue weighted by molar-refractivity contribution is -0.305. The number of aliphatic carboxylic acids is 1. The first-order valence-corrected chi connectivity index (χ1v) is 8.58. The van der Waals surface area contributed by atoms with Crippen molar-refractivity contribution in [2.75, 3.05) is 11.9 Å². The van der Waals surface area contributed by atoms with E-state index in [0.717, 1.165) is 11.1 Å². The van der Waals surface area contributed by atoms with Gasteiger partial charge in [-0.1, -0.05) is 42.5 Å². The van der Waals surface area contributed by atoms with E-state index in [2.05, 4.69) is 5.32 Å². The van der Waals surface area contributed by atoms with Gasteiger partial charge in [0.1, 0.15) is 6.04 Å². The molecule has 1 unspecified atom stereocenters. The average Bonchev–Trinajstić information content (AvgIpc) is 2.77. The Bertz CT molecular complexity index is 792. The van der Waals surface area contributed by atoms with E-state index in [4.69, 9.17) is 0 Å². The number of aliphatic hydroxyl groups is 1. The molecule has 0 aliphatic carbocycles. The van der Waals surface area contributed by atoms with Crippen LogP contribution in [0.25, 0.3) is 0 Å². The van der Waals surface area contributed by atoms with Gasteiger partial charge in [0.15, 0.2) is 0 Å². The summed E-state index contributed by atoms with van der Waals surface area (Å²) >= 11 is 0. The number of carboxylic acid groups (broad SMARTS) is 1. The molecule has 6 heteroatoms. The van der Waals surface area contributed by atoms with Gasteiger partial charge >= 0.3 is 0 Å². The monoisotopic (exact) mass is 353 g/mol. The third-order valence-corrected chi connectivity index (χ3v) is 4.54. The Labute approximate surface area is 152 Å². The van der Waals surface area contributed by atoms with Gasteiger partial charge in [-0.15, -0.1) is 0 Å². The molecule has 26 heavy (non-hydrogen) atoms. The summed E-state index contributed by atoms with van der Waals surface area (Å²) in [7, 11) is 0. The van der Waals surface area contributed by atoms with Gasteiger partial charge in [-0.05, 0) is 29.2 Å². The zero-order valence-electron chi connectivity index (χ0n) is 14.4. The highest BCUT2D eigenvalue weighted by atomic mass is 16.4. The minimum absolute atomic E-state index is 0.119. The number of carbonyl (C=O) groups is 2. The zero-order valence-corrected chi connectivity index (χ0v) is 14.4. The molecule has 2 aromatic carbocycles. The van der Waals surface area contributed by atoms with Crippen molar-refractivity contribution in [2.45, 2.75) is 32.0 Å². The fourth-order valence-corrected chi connectivity index (χ4v) is 3.15. The number of rotatable bonds is 6. The van der Waals surface area contributed by atoms with Crippen molar-refractivity contribution in [3.63, 3.8) is 0 Å². The summed E-state index contributed by atoms with van der Waals surface area (Å²) in [5.74, 6) is -1.53. The minimum atomic E-state index is -1.28. The summed E-state index contributed by atoms with van der Waals surface area (Å²) in [5.41, 5.74) is 3.39. The Kier molecular flexibility index (Phi) is 5.53. The molecular weight excluding hydrogens is 332 g/mol. The van der Waals surface area contributed by atoms with Crippen LogP contribution in [0.15, 0.2) is 48.5 Å². The van der Waals surface area contributed by atoms with Crippen molar-refractivity contribution in [1.82, 2.24) is 4.90 Å². The maximum absolute atomic E-state index is 12.8. The van der Waals surface area contributed by atoms with Crippen LogP contribution in [0.1, 0.15) is 23.1 Å². The first-order valence-electron chi connectivity index (χ1n) is 8.58. The number of anilines is 1. The predicted molar refractivity (Wildman–Crippen MR) is 95.0 cm³/mol. The van der Waals surface area contributed by atoms with E-state index in [9.17, 15) is 19.8 Å². The lowest BCUT2D eigenvalue weighted by Crippen LogP contribution is -2.44. The minimum Gasteiger partial charge on any atom is -0.550 e. The molecule has 1 aliphatic heterocycles. The Balaban J connectivity index is 1.84. The van der Waals surface area contributed by atoms with Crippen LogP contribution in [0.4, 0.5) is 5.69 Å². The third-order valence-electron chi connectivity index (χ3n) is 4.54. The molecule has 0 saturated heterocycles. The normalized spacial score (nSPS) is 16.6. The first kappa shape index (κ1) is 17.9.